The first-order chi connectivity index (χ1) is 10.7. The van der Waals surface area contributed by atoms with Gasteiger partial charge in [0.25, 0.3) is 11.8 Å². The van der Waals surface area contributed by atoms with Crippen LogP contribution in [0.3, 0.4) is 0 Å². The summed E-state index contributed by atoms with van der Waals surface area (Å²) in [5.74, 6) is -0.945. The normalized spacial score (nSPS) is 9.61. The maximum Gasteiger partial charge on any atom is 0.288 e. The second-order valence-corrected chi connectivity index (χ2v) is 4.78. The summed E-state index contributed by atoms with van der Waals surface area (Å²) in [6.45, 7) is 2.12. The number of aryl methyl sites for hydroxylation is 1. The van der Waals surface area contributed by atoms with E-state index in [1.165, 1.54) is 6.20 Å². The number of halogens is 1. The Morgan fingerprint density at radius 1 is 1.00 bits per heavy atom. The Morgan fingerprint density at radius 3 is 2.22 bits per heavy atom. The van der Waals surface area contributed by atoms with Crippen molar-refractivity contribution in [2.24, 2.45) is 0 Å². The summed E-state index contributed by atoms with van der Waals surface area (Å²) in [4.78, 5) is 31.6. The Kier molecular flexibility index (Phi) is 7.70. The third-order valence-corrected chi connectivity index (χ3v) is 3.06. The molecule has 7 heteroatoms. The molecule has 2 N–H and O–H groups in total. The van der Waals surface area contributed by atoms with Crippen LogP contribution in [0.2, 0.25) is 0 Å². The Labute approximate surface area is 141 Å². The van der Waals surface area contributed by atoms with Crippen molar-refractivity contribution in [3.8, 4) is 0 Å². The standard InChI is InChI=1S/C16H18N4O2.ClH/c1-2-3-6-12-8-9-14(18-11-12)16(22)20-19-15(21)13-7-4-5-10-17-13;/h4-5,7-11H,2-3,6H2,1H3,(H,19,21)(H,20,22);1H. The highest BCUT2D eigenvalue weighted by molar-refractivity contribution is 5.97. The van der Waals surface area contributed by atoms with E-state index in [0.717, 1.165) is 24.8 Å². The molecule has 0 aliphatic heterocycles. The van der Waals surface area contributed by atoms with Gasteiger partial charge in [0.1, 0.15) is 11.4 Å². The van der Waals surface area contributed by atoms with Crippen molar-refractivity contribution in [1.82, 2.24) is 20.8 Å². The van der Waals surface area contributed by atoms with E-state index in [-0.39, 0.29) is 23.8 Å². The molecule has 2 rings (SSSR count). The van der Waals surface area contributed by atoms with Crippen LogP contribution in [0.4, 0.5) is 0 Å². The molecule has 6 nitrogen and oxygen atoms in total. The maximum atomic E-state index is 11.9. The van der Waals surface area contributed by atoms with Gasteiger partial charge >= 0.3 is 0 Å². The molecule has 0 fully saturated rings. The average molecular weight is 335 g/mol. The van der Waals surface area contributed by atoms with Crippen LogP contribution in [0.25, 0.3) is 0 Å². The van der Waals surface area contributed by atoms with Crippen molar-refractivity contribution in [3.63, 3.8) is 0 Å². The van der Waals surface area contributed by atoms with E-state index in [4.69, 9.17) is 0 Å². The molecule has 2 aromatic rings. The fraction of sp³-hybridized carbons (Fsp3) is 0.250. The fourth-order valence-corrected chi connectivity index (χ4v) is 1.83. The van der Waals surface area contributed by atoms with Crippen molar-refractivity contribution < 1.29 is 9.59 Å². The zero-order chi connectivity index (χ0) is 15.8. The van der Waals surface area contributed by atoms with Crippen molar-refractivity contribution in [2.45, 2.75) is 26.2 Å². The lowest BCUT2D eigenvalue weighted by atomic mass is 10.1. The van der Waals surface area contributed by atoms with E-state index in [1.807, 2.05) is 6.07 Å². The topological polar surface area (TPSA) is 84.0 Å². The van der Waals surface area contributed by atoms with Gasteiger partial charge in [-0.15, -0.1) is 12.4 Å². The molecule has 0 saturated heterocycles. The van der Waals surface area contributed by atoms with Gasteiger partial charge in [-0.25, -0.2) is 0 Å². The van der Waals surface area contributed by atoms with Gasteiger partial charge in [0.2, 0.25) is 0 Å². The van der Waals surface area contributed by atoms with Crippen LogP contribution in [0.15, 0.2) is 42.7 Å². The van der Waals surface area contributed by atoms with E-state index < -0.39 is 11.8 Å². The number of unbranched alkanes of at least 4 members (excludes halogenated alkanes) is 1. The highest BCUT2D eigenvalue weighted by atomic mass is 35.5. The van der Waals surface area contributed by atoms with Gasteiger partial charge in [0, 0.05) is 12.4 Å². The molecule has 2 amide bonds. The zero-order valence-corrected chi connectivity index (χ0v) is 13.6. The molecule has 2 aromatic heterocycles. The first kappa shape index (κ1) is 18.6. The van der Waals surface area contributed by atoms with Crippen LogP contribution < -0.4 is 10.9 Å². The van der Waals surface area contributed by atoms with Crippen molar-refractivity contribution in [1.29, 1.82) is 0 Å². The minimum atomic E-state index is -0.478. The van der Waals surface area contributed by atoms with Gasteiger partial charge in [0.05, 0.1) is 0 Å². The molecule has 0 atom stereocenters. The van der Waals surface area contributed by atoms with Crippen LogP contribution in [0, 0.1) is 0 Å². The smallest absolute Gasteiger partial charge is 0.266 e. The predicted molar refractivity (Wildman–Crippen MR) is 89.3 cm³/mol. The number of aromatic nitrogens is 2. The number of carbonyl (C=O) groups excluding carboxylic acids is 2. The Balaban J connectivity index is 0.00000264. The third-order valence-electron chi connectivity index (χ3n) is 3.06. The maximum absolute atomic E-state index is 11.9. The highest BCUT2D eigenvalue weighted by Crippen LogP contribution is 2.04. The Bertz CT molecular complexity index is 632. The molecule has 2 heterocycles. The number of hydrogen-bond acceptors (Lipinski definition) is 4. The van der Waals surface area contributed by atoms with Crippen molar-refractivity contribution >= 4 is 24.2 Å². The number of hydrazine groups is 1. The largest absolute Gasteiger partial charge is 0.288 e. The lowest BCUT2D eigenvalue weighted by molar-refractivity contribution is 0.0841. The summed E-state index contributed by atoms with van der Waals surface area (Å²) in [7, 11) is 0. The summed E-state index contributed by atoms with van der Waals surface area (Å²) < 4.78 is 0. The molecule has 122 valence electrons. The third kappa shape index (κ3) is 5.67. The van der Waals surface area contributed by atoms with Crippen molar-refractivity contribution in [3.05, 3.63) is 59.7 Å². The molecule has 0 aliphatic rings. The lowest BCUT2D eigenvalue weighted by Crippen LogP contribution is -2.42. The molecule has 0 radical (unpaired) electrons. The Morgan fingerprint density at radius 2 is 1.70 bits per heavy atom. The summed E-state index contributed by atoms with van der Waals surface area (Å²) in [5, 5.41) is 0. The molecule has 0 spiro atoms. The summed E-state index contributed by atoms with van der Waals surface area (Å²) in [5.41, 5.74) is 6.20. The van der Waals surface area contributed by atoms with Gasteiger partial charge in [-0.1, -0.05) is 25.5 Å². The average Bonchev–Trinajstić information content (AvgIpc) is 2.58. The van der Waals surface area contributed by atoms with Crippen molar-refractivity contribution in [2.75, 3.05) is 0 Å². The lowest BCUT2D eigenvalue weighted by Gasteiger charge is -2.07. The monoisotopic (exact) mass is 334 g/mol. The summed E-state index contributed by atoms with van der Waals surface area (Å²) in [6.07, 6.45) is 6.34. The zero-order valence-electron chi connectivity index (χ0n) is 12.8. The molecule has 23 heavy (non-hydrogen) atoms. The van der Waals surface area contributed by atoms with Gasteiger partial charge in [-0.3, -0.25) is 30.4 Å². The molecule has 0 aromatic carbocycles. The van der Waals surface area contributed by atoms with E-state index in [9.17, 15) is 9.59 Å². The van der Waals surface area contributed by atoms with Gasteiger partial charge in [-0.2, -0.15) is 0 Å². The van der Waals surface area contributed by atoms with Crippen LogP contribution in [-0.4, -0.2) is 21.8 Å². The predicted octanol–water partition coefficient (Wildman–Crippen LogP) is 2.32. The number of hydrogen-bond donors (Lipinski definition) is 2. The number of amides is 2. The quantitative estimate of drug-likeness (QED) is 0.822. The van der Waals surface area contributed by atoms with Crippen LogP contribution in [0.1, 0.15) is 46.3 Å². The molecular weight excluding hydrogens is 316 g/mol. The number of carbonyl (C=O) groups is 2. The Hall–Kier alpha value is -2.47. The number of nitrogens with zero attached hydrogens (tertiary/aromatic N) is 2. The molecular formula is C16H19ClN4O2. The summed E-state index contributed by atoms with van der Waals surface area (Å²) >= 11 is 0. The first-order valence-corrected chi connectivity index (χ1v) is 7.17. The second-order valence-electron chi connectivity index (χ2n) is 4.78. The number of nitrogens with one attached hydrogen (secondary N) is 2. The number of rotatable bonds is 5. The minimum absolute atomic E-state index is 0. The highest BCUT2D eigenvalue weighted by Gasteiger charge is 2.10. The van der Waals surface area contributed by atoms with Gasteiger partial charge in [-0.05, 0) is 36.6 Å². The fourth-order valence-electron chi connectivity index (χ4n) is 1.83. The SMILES string of the molecule is CCCCc1ccc(C(=O)NNC(=O)c2ccccn2)nc1.Cl. The summed E-state index contributed by atoms with van der Waals surface area (Å²) in [6, 6.07) is 8.48. The first-order valence-electron chi connectivity index (χ1n) is 7.17. The van der Waals surface area contributed by atoms with Crippen LogP contribution in [-0.2, 0) is 6.42 Å². The van der Waals surface area contributed by atoms with E-state index >= 15 is 0 Å². The van der Waals surface area contributed by atoms with E-state index in [0.29, 0.717) is 0 Å². The second kappa shape index (κ2) is 9.53. The van der Waals surface area contributed by atoms with Gasteiger partial charge < -0.3 is 0 Å². The van der Waals surface area contributed by atoms with Crippen LogP contribution >= 0.6 is 12.4 Å². The molecule has 0 aliphatic carbocycles. The van der Waals surface area contributed by atoms with E-state index in [2.05, 4.69) is 27.7 Å². The molecule has 0 unspecified atom stereocenters. The van der Waals surface area contributed by atoms with Crippen LogP contribution in [0.5, 0.6) is 0 Å². The van der Waals surface area contributed by atoms with E-state index in [1.54, 1.807) is 30.5 Å². The molecule has 0 saturated carbocycles. The minimum Gasteiger partial charge on any atom is -0.266 e. The molecule has 0 bridgehead atoms. The van der Waals surface area contributed by atoms with Gasteiger partial charge in [0.15, 0.2) is 0 Å². The number of pyridine rings is 2.